The molecular weight excluding hydrogens is 420 g/mol. The van der Waals surface area contributed by atoms with Gasteiger partial charge in [-0.1, -0.05) is 6.07 Å². The van der Waals surface area contributed by atoms with Crippen LogP contribution in [-0.4, -0.2) is 58.2 Å². The molecule has 1 saturated heterocycles. The third-order valence-electron chi connectivity index (χ3n) is 5.60. The number of ether oxygens (including phenoxy) is 2. The molecule has 0 spiro atoms. The number of thiazole rings is 1. The SMILES string of the molecule is COc1cc(C2C(C(=O)c3sc(C)nc3C)=C(O)C(=O)N2CC2CCCO2)ccc1O. The number of aromatic hydroxyl groups is 1. The number of phenolic OH excluding ortho intramolecular Hbond substituents is 1. The summed E-state index contributed by atoms with van der Waals surface area (Å²) in [6.07, 6.45) is 1.53. The second kappa shape index (κ2) is 8.32. The third kappa shape index (κ3) is 3.79. The molecule has 0 radical (unpaired) electrons. The maximum Gasteiger partial charge on any atom is 0.290 e. The van der Waals surface area contributed by atoms with E-state index in [0.29, 0.717) is 22.7 Å². The topological polar surface area (TPSA) is 109 Å². The van der Waals surface area contributed by atoms with Crippen LogP contribution >= 0.6 is 11.3 Å². The van der Waals surface area contributed by atoms with Gasteiger partial charge in [-0.15, -0.1) is 11.3 Å². The van der Waals surface area contributed by atoms with Crippen molar-refractivity contribution in [2.75, 3.05) is 20.3 Å². The molecular formula is C22H24N2O6S. The lowest BCUT2D eigenvalue weighted by molar-refractivity contribution is -0.131. The highest BCUT2D eigenvalue weighted by Crippen LogP contribution is 2.42. The van der Waals surface area contributed by atoms with Crippen LogP contribution in [0.4, 0.5) is 0 Å². The summed E-state index contributed by atoms with van der Waals surface area (Å²) in [6, 6.07) is 3.81. The summed E-state index contributed by atoms with van der Waals surface area (Å²) in [6.45, 7) is 4.39. The van der Waals surface area contributed by atoms with E-state index in [1.165, 1.54) is 29.4 Å². The van der Waals surface area contributed by atoms with Crippen molar-refractivity contribution in [3.63, 3.8) is 0 Å². The first-order valence-electron chi connectivity index (χ1n) is 10.0. The van der Waals surface area contributed by atoms with Crippen LogP contribution in [0.15, 0.2) is 29.5 Å². The minimum absolute atomic E-state index is 0.00231. The van der Waals surface area contributed by atoms with E-state index in [0.717, 1.165) is 17.8 Å². The van der Waals surface area contributed by atoms with Crippen molar-refractivity contribution < 1.29 is 29.3 Å². The van der Waals surface area contributed by atoms with Crippen LogP contribution in [0.25, 0.3) is 0 Å². The minimum Gasteiger partial charge on any atom is -0.504 e. The number of hydrogen-bond acceptors (Lipinski definition) is 8. The van der Waals surface area contributed by atoms with Crippen molar-refractivity contribution >= 4 is 23.0 Å². The van der Waals surface area contributed by atoms with Crippen molar-refractivity contribution in [1.82, 2.24) is 9.88 Å². The maximum atomic E-state index is 13.5. The lowest BCUT2D eigenvalue weighted by Crippen LogP contribution is -2.37. The fourth-order valence-electron chi connectivity index (χ4n) is 4.16. The quantitative estimate of drug-likeness (QED) is 0.659. The van der Waals surface area contributed by atoms with Crippen LogP contribution in [0.1, 0.15) is 44.8 Å². The average Bonchev–Trinajstić information content (AvgIpc) is 3.43. The van der Waals surface area contributed by atoms with E-state index < -0.39 is 23.5 Å². The largest absolute Gasteiger partial charge is 0.504 e. The van der Waals surface area contributed by atoms with Gasteiger partial charge in [-0.25, -0.2) is 4.98 Å². The van der Waals surface area contributed by atoms with Crippen LogP contribution in [0.3, 0.4) is 0 Å². The standard InChI is InChI=1S/C22H24N2O6S/c1-11-21(31-12(2)23-11)19(26)17-18(13-6-7-15(25)16(9-13)29-3)24(22(28)20(17)27)10-14-5-4-8-30-14/h6-7,9,14,18,25,27H,4-5,8,10H2,1-3H3. The number of benzene rings is 1. The molecule has 164 valence electrons. The molecule has 3 heterocycles. The zero-order chi connectivity index (χ0) is 22.3. The number of phenols is 1. The van der Waals surface area contributed by atoms with E-state index in [2.05, 4.69) is 4.98 Å². The number of amides is 1. The number of methoxy groups -OCH3 is 1. The van der Waals surface area contributed by atoms with Gasteiger partial charge in [0.15, 0.2) is 17.3 Å². The second-order valence-corrected chi connectivity index (χ2v) is 8.87. The normalized spacial score (nSPS) is 21.3. The molecule has 2 aliphatic rings. The molecule has 0 saturated carbocycles. The van der Waals surface area contributed by atoms with Crippen molar-refractivity contribution in [2.24, 2.45) is 0 Å². The first-order valence-corrected chi connectivity index (χ1v) is 10.8. The summed E-state index contributed by atoms with van der Waals surface area (Å²) in [5.41, 5.74) is 1.11. The van der Waals surface area contributed by atoms with Crippen molar-refractivity contribution in [3.05, 3.63) is 50.7 Å². The second-order valence-electron chi connectivity index (χ2n) is 7.67. The summed E-state index contributed by atoms with van der Waals surface area (Å²) in [5, 5.41) is 21.5. The number of aryl methyl sites for hydroxylation is 2. The fraction of sp³-hybridized carbons (Fsp3) is 0.409. The highest BCUT2D eigenvalue weighted by Gasteiger charge is 2.45. The molecule has 1 aromatic heterocycles. The van der Waals surface area contributed by atoms with Gasteiger partial charge in [0.2, 0.25) is 5.78 Å². The van der Waals surface area contributed by atoms with Gasteiger partial charge in [0.25, 0.3) is 5.91 Å². The molecule has 2 N–H and O–H groups in total. The van der Waals surface area contributed by atoms with Gasteiger partial charge in [-0.05, 0) is 44.4 Å². The Balaban J connectivity index is 1.81. The summed E-state index contributed by atoms with van der Waals surface area (Å²) < 4.78 is 10.9. The van der Waals surface area contributed by atoms with E-state index in [-0.39, 0.29) is 29.7 Å². The molecule has 0 aliphatic carbocycles. The van der Waals surface area contributed by atoms with Gasteiger partial charge in [0, 0.05) is 13.2 Å². The Bertz CT molecular complexity index is 1070. The van der Waals surface area contributed by atoms with E-state index in [4.69, 9.17) is 9.47 Å². The Kier molecular flexibility index (Phi) is 5.72. The van der Waals surface area contributed by atoms with Gasteiger partial charge in [0.05, 0.1) is 40.4 Å². The summed E-state index contributed by atoms with van der Waals surface area (Å²) in [7, 11) is 1.42. The average molecular weight is 445 g/mol. The molecule has 8 nitrogen and oxygen atoms in total. The Morgan fingerprint density at radius 1 is 1.35 bits per heavy atom. The Morgan fingerprint density at radius 3 is 2.74 bits per heavy atom. The van der Waals surface area contributed by atoms with E-state index in [1.54, 1.807) is 26.0 Å². The predicted molar refractivity (Wildman–Crippen MR) is 114 cm³/mol. The number of carbonyl (C=O) groups is 2. The highest BCUT2D eigenvalue weighted by atomic mass is 32.1. The van der Waals surface area contributed by atoms with Crippen molar-refractivity contribution in [3.8, 4) is 11.5 Å². The molecule has 2 aromatic rings. The lowest BCUT2D eigenvalue weighted by Gasteiger charge is -2.29. The van der Waals surface area contributed by atoms with E-state index in [1.807, 2.05) is 0 Å². The molecule has 1 fully saturated rings. The number of ketones is 1. The van der Waals surface area contributed by atoms with Crippen molar-refractivity contribution in [1.29, 1.82) is 0 Å². The number of aromatic nitrogens is 1. The van der Waals surface area contributed by atoms with Crippen LogP contribution in [0.2, 0.25) is 0 Å². The number of nitrogens with zero attached hydrogens (tertiary/aromatic N) is 2. The summed E-state index contributed by atoms with van der Waals surface area (Å²) in [5.74, 6) is -1.46. The van der Waals surface area contributed by atoms with E-state index >= 15 is 0 Å². The Hall–Kier alpha value is -2.91. The number of carbonyl (C=O) groups excluding carboxylic acids is 2. The summed E-state index contributed by atoms with van der Waals surface area (Å²) >= 11 is 1.23. The molecule has 1 aromatic carbocycles. The molecule has 2 atom stereocenters. The van der Waals surface area contributed by atoms with Gasteiger partial charge < -0.3 is 24.6 Å². The lowest BCUT2D eigenvalue weighted by atomic mass is 9.94. The van der Waals surface area contributed by atoms with E-state index in [9.17, 15) is 19.8 Å². The van der Waals surface area contributed by atoms with Crippen LogP contribution in [0, 0.1) is 13.8 Å². The molecule has 4 rings (SSSR count). The minimum atomic E-state index is -0.833. The first-order chi connectivity index (χ1) is 14.8. The zero-order valence-electron chi connectivity index (χ0n) is 17.5. The van der Waals surface area contributed by atoms with Crippen LogP contribution in [-0.2, 0) is 9.53 Å². The molecule has 2 unspecified atom stereocenters. The van der Waals surface area contributed by atoms with Gasteiger partial charge in [-0.3, -0.25) is 9.59 Å². The number of aliphatic hydroxyl groups excluding tert-OH is 1. The predicted octanol–water partition coefficient (Wildman–Crippen LogP) is 3.23. The van der Waals surface area contributed by atoms with Crippen LogP contribution < -0.4 is 4.74 Å². The third-order valence-corrected chi connectivity index (χ3v) is 6.67. The number of Topliss-reactive ketones (excluding diaryl/α,β-unsaturated/α-hetero) is 1. The first kappa shape index (κ1) is 21.3. The summed E-state index contributed by atoms with van der Waals surface area (Å²) in [4.78, 5) is 32.7. The molecule has 31 heavy (non-hydrogen) atoms. The molecule has 2 aliphatic heterocycles. The van der Waals surface area contributed by atoms with Gasteiger partial charge in [0.1, 0.15) is 0 Å². The smallest absolute Gasteiger partial charge is 0.290 e. The zero-order valence-corrected chi connectivity index (χ0v) is 18.4. The number of hydrogen-bond donors (Lipinski definition) is 2. The Labute approximate surface area is 183 Å². The number of aliphatic hydroxyl groups is 1. The van der Waals surface area contributed by atoms with Gasteiger partial charge >= 0.3 is 0 Å². The molecule has 9 heteroatoms. The Morgan fingerprint density at radius 2 is 2.13 bits per heavy atom. The fourth-order valence-corrected chi connectivity index (χ4v) is 5.03. The maximum absolute atomic E-state index is 13.5. The molecule has 1 amide bonds. The monoisotopic (exact) mass is 444 g/mol. The van der Waals surface area contributed by atoms with Crippen LogP contribution in [0.5, 0.6) is 11.5 Å². The number of rotatable bonds is 6. The van der Waals surface area contributed by atoms with Crippen molar-refractivity contribution in [2.45, 2.75) is 38.8 Å². The molecule has 0 bridgehead atoms. The van der Waals surface area contributed by atoms with Gasteiger partial charge in [-0.2, -0.15) is 0 Å². The highest BCUT2D eigenvalue weighted by molar-refractivity contribution is 7.14.